The number of rotatable bonds is 5. The number of aliphatic imine (C=N–C) groups is 1. The van der Waals surface area contributed by atoms with Crippen LogP contribution < -0.4 is 5.32 Å². The Kier molecular flexibility index (Phi) is 6.25. The van der Waals surface area contributed by atoms with Crippen LogP contribution in [0.15, 0.2) is 58.9 Å². The van der Waals surface area contributed by atoms with Crippen molar-refractivity contribution < 1.29 is 14.0 Å². The first-order chi connectivity index (χ1) is 14.9. The van der Waals surface area contributed by atoms with E-state index in [1.54, 1.807) is 12.3 Å². The van der Waals surface area contributed by atoms with Crippen molar-refractivity contribution in [2.24, 2.45) is 4.99 Å². The van der Waals surface area contributed by atoms with Crippen LogP contribution in [0, 0.1) is 5.82 Å². The normalized spacial score (nSPS) is 19.8. The van der Waals surface area contributed by atoms with Gasteiger partial charge in [0.05, 0.1) is 0 Å². The largest absolute Gasteiger partial charge is 0.341 e. The van der Waals surface area contributed by atoms with Crippen LogP contribution in [-0.4, -0.2) is 46.9 Å². The van der Waals surface area contributed by atoms with Crippen LogP contribution in [0.25, 0.3) is 0 Å². The highest BCUT2D eigenvalue weighted by Crippen LogP contribution is 2.36. The maximum absolute atomic E-state index is 13.7. The molecule has 0 bridgehead atoms. The summed E-state index contributed by atoms with van der Waals surface area (Å²) < 4.78 is 13.7. The first-order valence-electron chi connectivity index (χ1n) is 10.1. The molecule has 0 radical (unpaired) electrons. The minimum atomic E-state index is -0.690. The van der Waals surface area contributed by atoms with Gasteiger partial charge in [-0.15, -0.1) is 0 Å². The van der Waals surface area contributed by atoms with E-state index in [0.717, 1.165) is 0 Å². The van der Waals surface area contributed by atoms with Crippen molar-refractivity contribution in [1.82, 2.24) is 15.2 Å². The van der Waals surface area contributed by atoms with E-state index in [4.69, 9.17) is 16.6 Å². The molecule has 160 valence electrons. The second-order valence-electron chi connectivity index (χ2n) is 7.65. The summed E-state index contributed by atoms with van der Waals surface area (Å²) in [6, 6.07) is 8.90. The number of aromatic nitrogens is 1. The molecule has 3 heterocycles. The number of carbonyl (C=O) groups excluding carboxylic acids is 2. The van der Waals surface area contributed by atoms with Gasteiger partial charge in [-0.25, -0.2) is 4.39 Å². The molecule has 0 aliphatic carbocycles. The zero-order valence-corrected chi connectivity index (χ0v) is 17.8. The minimum Gasteiger partial charge on any atom is -0.341 e. The number of benzene rings is 1. The maximum Gasteiger partial charge on any atom is 0.160 e. The SMILES string of the molecule is CC(=O)C1=C(CN2CCC(=O)CC2)NC(c2ccccn2)=NC1c1ccc(F)cc1Cl. The number of likely N-dealkylation sites (tertiary alicyclic amines) is 1. The monoisotopic (exact) mass is 440 g/mol. The summed E-state index contributed by atoms with van der Waals surface area (Å²) >= 11 is 6.36. The number of hydrogen-bond donors (Lipinski definition) is 1. The van der Waals surface area contributed by atoms with Gasteiger partial charge >= 0.3 is 0 Å². The Morgan fingerprint density at radius 1 is 1.26 bits per heavy atom. The summed E-state index contributed by atoms with van der Waals surface area (Å²) in [6.07, 6.45) is 2.66. The van der Waals surface area contributed by atoms with E-state index in [-0.39, 0.29) is 16.6 Å². The predicted octanol–water partition coefficient (Wildman–Crippen LogP) is 3.47. The van der Waals surface area contributed by atoms with E-state index < -0.39 is 11.9 Å². The van der Waals surface area contributed by atoms with Crippen molar-refractivity contribution in [3.05, 3.63) is 76.0 Å². The van der Waals surface area contributed by atoms with Gasteiger partial charge in [-0.2, -0.15) is 0 Å². The summed E-state index contributed by atoms with van der Waals surface area (Å²) in [4.78, 5) is 35.6. The lowest BCUT2D eigenvalue weighted by molar-refractivity contribution is -0.121. The zero-order chi connectivity index (χ0) is 22.0. The molecule has 1 unspecified atom stereocenters. The van der Waals surface area contributed by atoms with Gasteiger partial charge in [-0.3, -0.25) is 24.5 Å². The van der Waals surface area contributed by atoms with Gasteiger partial charge < -0.3 is 5.32 Å². The molecule has 31 heavy (non-hydrogen) atoms. The smallest absolute Gasteiger partial charge is 0.160 e. The number of halogens is 2. The van der Waals surface area contributed by atoms with Crippen molar-refractivity contribution in [3.8, 4) is 0 Å². The number of hydrogen-bond acceptors (Lipinski definition) is 6. The fraction of sp³-hybridized carbons (Fsp3) is 0.304. The molecular weight excluding hydrogens is 419 g/mol. The number of amidine groups is 1. The van der Waals surface area contributed by atoms with Crippen molar-refractivity contribution in [2.75, 3.05) is 19.6 Å². The molecule has 0 amide bonds. The molecule has 6 nitrogen and oxygen atoms in total. The minimum absolute atomic E-state index is 0.148. The Labute approximate surface area is 184 Å². The number of nitrogens with one attached hydrogen (secondary N) is 1. The fourth-order valence-electron chi connectivity index (χ4n) is 3.90. The van der Waals surface area contributed by atoms with Gasteiger partial charge in [0.1, 0.15) is 23.3 Å². The third kappa shape index (κ3) is 4.73. The topological polar surface area (TPSA) is 74.7 Å². The summed E-state index contributed by atoms with van der Waals surface area (Å²) in [5.74, 6) is 0.160. The molecule has 1 atom stereocenters. The van der Waals surface area contributed by atoms with Crippen LogP contribution in [0.2, 0.25) is 5.02 Å². The van der Waals surface area contributed by atoms with Crippen LogP contribution in [-0.2, 0) is 9.59 Å². The second kappa shape index (κ2) is 9.08. The van der Waals surface area contributed by atoms with Crippen molar-refractivity contribution in [3.63, 3.8) is 0 Å². The second-order valence-corrected chi connectivity index (χ2v) is 8.06. The number of ketones is 2. The van der Waals surface area contributed by atoms with E-state index in [2.05, 4.69) is 15.2 Å². The summed E-state index contributed by atoms with van der Waals surface area (Å²) in [6.45, 7) is 3.21. The molecular formula is C23H22ClFN4O2. The fourth-order valence-corrected chi connectivity index (χ4v) is 4.17. The Balaban J connectivity index is 1.79. The molecule has 2 aliphatic heterocycles. The van der Waals surface area contributed by atoms with E-state index in [0.29, 0.717) is 60.8 Å². The predicted molar refractivity (Wildman–Crippen MR) is 116 cm³/mol. The Bertz CT molecular complexity index is 1070. The van der Waals surface area contributed by atoms with E-state index in [1.807, 2.05) is 18.2 Å². The molecule has 2 aromatic rings. The van der Waals surface area contributed by atoms with Crippen LogP contribution in [0.4, 0.5) is 4.39 Å². The van der Waals surface area contributed by atoms with Crippen molar-refractivity contribution in [2.45, 2.75) is 25.8 Å². The highest BCUT2D eigenvalue weighted by atomic mass is 35.5. The van der Waals surface area contributed by atoms with Gasteiger partial charge in [-0.1, -0.05) is 23.7 Å². The number of pyridine rings is 1. The number of piperidine rings is 1. The summed E-state index contributed by atoms with van der Waals surface area (Å²) in [5.41, 5.74) is 2.35. The van der Waals surface area contributed by atoms with Crippen molar-refractivity contribution in [1.29, 1.82) is 0 Å². The molecule has 1 fully saturated rings. The molecule has 2 aliphatic rings. The lowest BCUT2D eigenvalue weighted by Crippen LogP contribution is -2.42. The van der Waals surface area contributed by atoms with Gasteiger partial charge in [-0.05, 0) is 31.2 Å². The molecule has 1 saturated heterocycles. The highest BCUT2D eigenvalue weighted by molar-refractivity contribution is 6.31. The molecule has 0 spiro atoms. The van der Waals surface area contributed by atoms with Gasteiger partial charge in [0, 0.05) is 60.5 Å². The molecule has 4 rings (SSSR count). The van der Waals surface area contributed by atoms with Crippen LogP contribution in [0.3, 0.4) is 0 Å². The average molecular weight is 441 g/mol. The first kappa shape index (κ1) is 21.3. The lowest BCUT2D eigenvalue weighted by Gasteiger charge is -2.32. The Hall–Kier alpha value is -2.90. The van der Waals surface area contributed by atoms with Crippen LogP contribution in [0.1, 0.15) is 37.1 Å². The van der Waals surface area contributed by atoms with E-state index in [1.165, 1.54) is 19.1 Å². The standard InChI is InChI=1S/C23H22ClFN4O2/c1-14(30)21-20(13-29-10-7-16(31)8-11-29)27-23(19-4-2-3-9-26-19)28-22(21)17-6-5-15(25)12-18(17)24/h2-6,9,12,22H,7-8,10-11,13H2,1H3,(H,27,28). The Morgan fingerprint density at radius 2 is 2.03 bits per heavy atom. The highest BCUT2D eigenvalue weighted by Gasteiger charge is 2.32. The van der Waals surface area contributed by atoms with Crippen LogP contribution >= 0.6 is 11.6 Å². The van der Waals surface area contributed by atoms with Gasteiger partial charge in [0.2, 0.25) is 0 Å². The quantitative estimate of drug-likeness (QED) is 0.770. The third-order valence-electron chi connectivity index (χ3n) is 5.47. The summed E-state index contributed by atoms with van der Waals surface area (Å²) in [5, 5.41) is 3.50. The number of nitrogens with zero attached hydrogens (tertiary/aromatic N) is 3. The molecule has 8 heteroatoms. The average Bonchev–Trinajstić information content (AvgIpc) is 2.75. The maximum atomic E-state index is 13.7. The third-order valence-corrected chi connectivity index (χ3v) is 5.79. The zero-order valence-electron chi connectivity index (χ0n) is 17.1. The number of carbonyl (C=O) groups is 2. The number of Topliss-reactive ketones (excluding diaryl/α,β-unsaturated/α-hetero) is 2. The van der Waals surface area contributed by atoms with Gasteiger partial charge in [0.15, 0.2) is 11.6 Å². The lowest BCUT2D eigenvalue weighted by atomic mass is 9.92. The molecule has 1 N–H and O–H groups in total. The first-order valence-corrected chi connectivity index (χ1v) is 10.5. The van der Waals surface area contributed by atoms with E-state index in [9.17, 15) is 14.0 Å². The van der Waals surface area contributed by atoms with Gasteiger partial charge in [0.25, 0.3) is 0 Å². The molecule has 1 aromatic heterocycles. The Morgan fingerprint density at radius 3 is 2.68 bits per heavy atom. The molecule has 1 aromatic carbocycles. The van der Waals surface area contributed by atoms with E-state index >= 15 is 0 Å². The van der Waals surface area contributed by atoms with Crippen LogP contribution in [0.5, 0.6) is 0 Å². The summed E-state index contributed by atoms with van der Waals surface area (Å²) in [7, 11) is 0. The van der Waals surface area contributed by atoms with Crippen molar-refractivity contribution >= 4 is 29.0 Å². The molecule has 0 saturated carbocycles.